The van der Waals surface area contributed by atoms with E-state index >= 15 is 0 Å². The van der Waals surface area contributed by atoms with Gasteiger partial charge in [-0.1, -0.05) is 6.07 Å². The zero-order chi connectivity index (χ0) is 10.6. The van der Waals surface area contributed by atoms with E-state index in [2.05, 4.69) is 0 Å². The summed E-state index contributed by atoms with van der Waals surface area (Å²) in [7, 11) is 0. The van der Waals surface area contributed by atoms with Crippen molar-refractivity contribution in [2.75, 3.05) is 5.75 Å². The largest absolute Gasteiger partial charge is 0.478 e. The lowest BCUT2D eigenvalue weighted by Crippen LogP contribution is -1.96. The Morgan fingerprint density at radius 2 is 2.36 bits per heavy atom. The van der Waals surface area contributed by atoms with E-state index in [9.17, 15) is 4.79 Å². The molecule has 0 atom stereocenters. The quantitative estimate of drug-likeness (QED) is 0.772. The molecule has 0 aliphatic heterocycles. The molecule has 1 rings (SSSR count). The van der Waals surface area contributed by atoms with Crippen molar-refractivity contribution in [2.24, 2.45) is 0 Å². The van der Waals surface area contributed by atoms with Gasteiger partial charge >= 0.3 is 5.97 Å². The first-order valence-electron chi connectivity index (χ1n) is 3.99. The topological polar surface area (TPSA) is 61.1 Å². The second-order valence-corrected chi connectivity index (χ2v) is 3.75. The minimum atomic E-state index is -0.941. The summed E-state index contributed by atoms with van der Waals surface area (Å²) in [5.74, 6) is -0.604. The smallest absolute Gasteiger partial charge is 0.335 e. The number of carboxylic acid groups (broad SMARTS) is 1. The lowest BCUT2D eigenvalue weighted by molar-refractivity contribution is 0.0696. The number of nitriles is 1. The number of rotatable bonds is 3. The summed E-state index contributed by atoms with van der Waals surface area (Å²) >= 11 is 1.35. The van der Waals surface area contributed by atoms with Gasteiger partial charge in [0.15, 0.2) is 0 Å². The third-order valence-electron chi connectivity index (χ3n) is 1.73. The predicted molar refractivity (Wildman–Crippen MR) is 54.5 cm³/mol. The number of aryl methyl sites for hydroxylation is 1. The van der Waals surface area contributed by atoms with E-state index in [1.165, 1.54) is 11.8 Å². The van der Waals surface area contributed by atoms with Crippen LogP contribution in [0, 0.1) is 18.3 Å². The van der Waals surface area contributed by atoms with Gasteiger partial charge in [-0.2, -0.15) is 5.26 Å². The molecule has 0 radical (unpaired) electrons. The molecule has 1 aromatic rings. The van der Waals surface area contributed by atoms with Gasteiger partial charge in [0.05, 0.1) is 17.4 Å². The van der Waals surface area contributed by atoms with Crippen molar-refractivity contribution in [3.05, 3.63) is 29.3 Å². The van der Waals surface area contributed by atoms with E-state index < -0.39 is 5.97 Å². The molecule has 0 aliphatic rings. The Bertz CT molecular complexity index is 396. The van der Waals surface area contributed by atoms with Crippen LogP contribution in [-0.4, -0.2) is 16.8 Å². The van der Waals surface area contributed by atoms with E-state index in [0.717, 1.165) is 10.5 Å². The third-order valence-corrected chi connectivity index (χ3v) is 2.75. The first-order chi connectivity index (χ1) is 6.65. The minimum Gasteiger partial charge on any atom is -0.478 e. The highest BCUT2D eigenvalue weighted by molar-refractivity contribution is 7.99. The van der Waals surface area contributed by atoms with Gasteiger partial charge in [0.1, 0.15) is 0 Å². The maximum absolute atomic E-state index is 10.7. The number of hydrogen-bond acceptors (Lipinski definition) is 3. The van der Waals surface area contributed by atoms with Crippen LogP contribution in [0.4, 0.5) is 0 Å². The lowest BCUT2D eigenvalue weighted by Gasteiger charge is -2.03. The number of thioether (sulfide) groups is 1. The maximum Gasteiger partial charge on any atom is 0.335 e. The Balaban J connectivity index is 2.97. The highest BCUT2D eigenvalue weighted by Crippen LogP contribution is 2.23. The molecule has 0 aromatic heterocycles. The molecular weight excluding hydrogens is 198 g/mol. The summed E-state index contributed by atoms with van der Waals surface area (Å²) in [6, 6.07) is 6.92. The van der Waals surface area contributed by atoms with Crippen LogP contribution < -0.4 is 0 Å². The molecule has 0 saturated heterocycles. The van der Waals surface area contributed by atoms with Gasteiger partial charge in [-0.15, -0.1) is 11.8 Å². The summed E-state index contributed by atoms with van der Waals surface area (Å²) in [5.41, 5.74) is 1.26. The monoisotopic (exact) mass is 207 g/mol. The fourth-order valence-corrected chi connectivity index (χ4v) is 1.72. The maximum atomic E-state index is 10.7. The molecule has 0 heterocycles. The van der Waals surface area contributed by atoms with Crippen molar-refractivity contribution in [1.82, 2.24) is 0 Å². The van der Waals surface area contributed by atoms with Crippen LogP contribution in [0.3, 0.4) is 0 Å². The van der Waals surface area contributed by atoms with Crippen LogP contribution in [-0.2, 0) is 0 Å². The van der Waals surface area contributed by atoms with E-state index in [-0.39, 0.29) is 5.56 Å². The molecular formula is C10H9NO2S. The van der Waals surface area contributed by atoms with Gasteiger partial charge in [-0.3, -0.25) is 0 Å². The molecule has 0 aliphatic carbocycles. The molecule has 0 spiro atoms. The van der Waals surface area contributed by atoms with Crippen LogP contribution in [0.1, 0.15) is 15.9 Å². The van der Waals surface area contributed by atoms with Crippen LogP contribution in [0.25, 0.3) is 0 Å². The standard InChI is InChI=1S/C10H9NO2S/c1-7-2-3-8(10(12)13)6-9(7)14-5-4-11/h2-3,6H,5H2,1H3,(H,12,13). The second-order valence-electron chi connectivity index (χ2n) is 2.73. The van der Waals surface area contributed by atoms with Crippen LogP contribution in [0.5, 0.6) is 0 Å². The highest BCUT2D eigenvalue weighted by Gasteiger charge is 2.05. The van der Waals surface area contributed by atoms with Gasteiger partial charge in [-0.25, -0.2) is 4.79 Å². The lowest BCUT2D eigenvalue weighted by atomic mass is 10.1. The summed E-state index contributed by atoms with van der Waals surface area (Å²) in [4.78, 5) is 11.5. The molecule has 14 heavy (non-hydrogen) atoms. The fourth-order valence-electron chi connectivity index (χ4n) is 0.999. The number of nitrogens with zero attached hydrogens (tertiary/aromatic N) is 1. The minimum absolute atomic E-state index is 0.260. The zero-order valence-corrected chi connectivity index (χ0v) is 8.47. The van der Waals surface area contributed by atoms with Gasteiger partial charge in [-0.05, 0) is 24.6 Å². The summed E-state index contributed by atoms with van der Waals surface area (Å²) in [6.45, 7) is 1.89. The molecule has 1 N–H and O–H groups in total. The van der Waals surface area contributed by atoms with Crippen LogP contribution in [0.2, 0.25) is 0 Å². The van der Waals surface area contributed by atoms with Crippen molar-refractivity contribution < 1.29 is 9.90 Å². The molecule has 4 heteroatoms. The highest BCUT2D eigenvalue weighted by atomic mass is 32.2. The van der Waals surface area contributed by atoms with Gasteiger partial charge < -0.3 is 5.11 Å². The van der Waals surface area contributed by atoms with E-state index in [4.69, 9.17) is 10.4 Å². The molecule has 72 valence electrons. The second kappa shape index (κ2) is 4.68. The third kappa shape index (κ3) is 2.51. The summed E-state index contributed by atoms with van der Waals surface area (Å²) in [5, 5.41) is 17.2. The van der Waals surface area contributed by atoms with E-state index in [1.807, 2.05) is 13.0 Å². The van der Waals surface area contributed by atoms with Crippen LogP contribution >= 0.6 is 11.8 Å². The van der Waals surface area contributed by atoms with Crippen molar-refractivity contribution in [1.29, 1.82) is 5.26 Å². The number of benzene rings is 1. The molecule has 0 saturated carbocycles. The summed E-state index contributed by atoms with van der Waals surface area (Å²) in [6.07, 6.45) is 0. The Labute approximate surface area is 86.4 Å². The molecule has 3 nitrogen and oxygen atoms in total. The zero-order valence-electron chi connectivity index (χ0n) is 7.65. The van der Waals surface area contributed by atoms with E-state index in [0.29, 0.717) is 5.75 Å². The molecule has 1 aromatic carbocycles. The molecule has 0 fully saturated rings. The predicted octanol–water partition coefficient (Wildman–Crippen LogP) is 2.31. The Morgan fingerprint density at radius 1 is 1.64 bits per heavy atom. The first-order valence-corrected chi connectivity index (χ1v) is 4.97. The van der Waals surface area contributed by atoms with E-state index in [1.54, 1.807) is 18.2 Å². The normalized spacial score (nSPS) is 9.43. The summed E-state index contributed by atoms with van der Waals surface area (Å²) < 4.78 is 0. The Hall–Kier alpha value is -1.47. The molecule has 0 unspecified atom stereocenters. The van der Waals surface area contributed by atoms with Crippen molar-refractivity contribution in [3.63, 3.8) is 0 Å². The van der Waals surface area contributed by atoms with Gasteiger partial charge in [0, 0.05) is 4.90 Å². The van der Waals surface area contributed by atoms with Crippen LogP contribution in [0.15, 0.2) is 23.1 Å². The Kier molecular flexibility index (Phi) is 3.55. The number of aromatic carboxylic acids is 1. The van der Waals surface area contributed by atoms with Crippen molar-refractivity contribution in [3.8, 4) is 6.07 Å². The Morgan fingerprint density at radius 3 is 2.93 bits per heavy atom. The number of carbonyl (C=O) groups is 1. The average molecular weight is 207 g/mol. The van der Waals surface area contributed by atoms with Crippen molar-refractivity contribution in [2.45, 2.75) is 11.8 Å². The average Bonchev–Trinajstić information content (AvgIpc) is 2.16. The SMILES string of the molecule is Cc1ccc(C(=O)O)cc1SCC#N. The van der Waals surface area contributed by atoms with Crippen molar-refractivity contribution >= 4 is 17.7 Å². The number of carboxylic acids is 1. The van der Waals surface area contributed by atoms with Gasteiger partial charge in [0.2, 0.25) is 0 Å². The first kappa shape index (κ1) is 10.6. The molecule has 0 bridgehead atoms. The number of hydrogen-bond donors (Lipinski definition) is 1. The van der Waals surface area contributed by atoms with Gasteiger partial charge in [0.25, 0.3) is 0 Å². The molecule has 0 amide bonds. The fraction of sp³-hybridized carbons (Fsp3) is 0.200.